The molecule has 0 unspecified atom stereocenters. The van der Waals surface area contributed by atoms with Gasteiger partial charge in [-0.2, -0.15) is 0 Å². The first-order valence-electron chi connectivity index (χ1n) is 7.78. The summed E-state index contributed by atoms with van der Waals surface area (Å²) in [7, 11) is 1.68. The molecule has 4 heteroatoms. The third-order valence-corrected chi connectivity index (χ3v) is 4.81. The van der Waals surface area contributed by atoms with Gasteiger partial charge in [0.05, 0.1) is 12.8 Å². The molecule has 1 aromatic heterocycles. The van der Waals surface area contributed by atoms with Gasteiger partial charge in [-0.15, -0.1) is 0 Å². The molecular weight excluding hydrogens is 250 g/mol. The fourth-order valence-electron chi connectivity index (χ4n) is 3.69. The summed E-state index contributed by atoms with van der Waals surface area (Å²) >= 11 is 0. The Hall–Kier alpha value is -1.13. The zero-order chi connectivity index (χ0) is 13.8. The molecule has 1 saturated heterocycles. The second-order valence-corrected chi connectivity index (χ2v) is 6.05. The zero-order valence-corrected chi connectivity index (χ0v) is 12.4. The fourth-order valence-corrected chi connectivity index (χ4v) is 3.69. The highest BCUT2D eigenvalue weighted by atomic mass is 16.5. The van der Waals surface area contributed by atoms with E-state index in [2.05, 4.69) is 21.3 Å². The van der Waals surface area contributed by atoms with E-state index in [9.17, 15) is 0 Å². The average molecular weight is 275 g/mol. The normalized spacial score (nSPS) is 22.9. The number of piperazine rings is 1. The van der Waals surface area contributed by atoms with E-state index in [0.717, 1.165) is 37.8 Å². The standard InChI is InChI=1S/C16H25N3O/c1-20-15-7-5-6-14(18-15)12-19-11-10-17-13-16(19)8-3-2-4-9-16/h5-7,17H,2-4,8-13H2,1H3. The van der Waals surface area contributed by atoms with E-state index >= 15 is 0 Å². The molecule has 2 aliphatic rings. The van der Waals surface area contributed by atoms with Crippen LogP contribution in [0.25, 0.3) is 0 Å². The minimum absolute atomic E-state index is 0.362. The van der Waals surface area contributed by atoms with Crippen molar-refractivity contribution in [2.75, 3.05) is 26.7 Å². The lowest BCUT2D eigenvalue weighted by Gasteiger charge is -2.49. The molecule has 1 aliphatic heterocycles. The Morgan fingerprint density at radius 1 is 1.30 bits per heavy atom. The molecule has 20 heavy (non-hydrogen) atoms. The second kappa shape index (κ2) is 6.10. The number of nitrogens with one attached hydrogen (secondary N) is 1. The summed E-state index contributed by atoms with van der Waals surface area (Å²) in [6.07, 6.45) is 6.77. The third-order valence-electron chi connectivity index (χ3n) is 4.81. The Balaban J connectivity index is 1.76. The van der Waals surface area contributed by atoms with Crippen molar-refractivity contribution in [1.82, 2.24) is 15.2 Å². The van der Waals surface area contributed by atoms with Crippen LogP contribution in [0, 0.1) is 0 Å². The van der Waals surface area contributed by atoms with E-state index in [0.29, 0.717) is 5.54 Å². The number of pyridine rings is 1. The van der Waals surface area contributed by atoms with Crippen LogP contribution in [-0.2, 0) is 6.54 Å². The molecule has 0 atom stereocenters. The summed E-state index contributed by atoms with van der Waals surface area (Å²) in [5.74, 6) is 0.718. The van der Waals surface area contributed by atoms with Crippen LogP contribution in [0.15, 0.2) is 18.2 Å². The first kappa shape index (κ1) is 13.8. The summed E-state index contributed by atoms with van der Waals surface area (Å²) < 4.78 is 5.24. The molecule has 0 bridgehead atoms. The predicted molar refractivity (Wildman–Crippen MR) is 79.9 cm³/mol. The van der Waals surface area contributed by atoms with Gasteiger partial charge in [0.2, 0.25) is 5.88 Å². The Morgan fingerprint density at radius 2 is 2.15 bits per heavy atom. The summed E-state index contributed by atoms with van der Waals surface area (Å²) in [5.41, 5.74) is 1.48. The molecule has 1 spiro atoms. The van der Waals surface area contributed by atoms with Crippen LogP contribution in [0.3, 0.4) is 0 Å². The molecule has 3 rings (SSSR count). The monoisotopic (exact) mass is 275 g/mol. The Kier molecular flexibility index (Phi) is 4.22. The van der Waals surface area contributed by atoms with Crippen LogP contribution < -0.4 is 10.1 Å². The van der Waals surface area contributed by atoms with E-state index in [1.54, 1.807) is 7.11 Å². The van der Waals surface area contributed by atoms with Crippen LogP contribution in [0.1, 0.15) is 37.8 Å². The van der Waals surface area contributed by atoms with Gasteiger partial charge < -0.3 is 10.1 Å². The summed E-state index contributed by atoms with van der Waals surface area (Å²) in [6.45, 7) is 4.29. The van der Waals surface area contributed by atoms with Crippen molar-refractivity contribution >= 4 is 0 Å². The smallest absolute Gasteiger partial charge is 0.213 e. The van der Waals surface area contributed by atoms with Crippen molar-refractivity contribution in [2.24, 2.45) is 0 Å². The molecule has 0 amide bonds. The van der Waals surface area contributed by atoms with Gasteiger partial charge >= 0.3 is 0 Å². The van der Waals surface area contributed by atoms with Crippen LogP contribution in [0.4, 0.5) is 0 Å². The maximum absolute atomic E-state index is 5.24. The molecule has 1 N–H and O–H groups in total. The van der Waals surface area contributed by atoms with Crippen molar-refractivity contribution in [3.05, 3.63) is 23.9 Å². The van der Waals surface area contributed by atoms with Crippen molar-refractivity contribution < 1.29 is 4.74 Å². The van der Waals surface area contributed by atoms with Gasteiger partial charge in [0, 0.05) is 37.8 Å². The number of ether oxygens (including phenoxy) is 1. The highest BCUT2D eigenvalue weighted by Crippen LogP contribution is 2.35. The summed E-state index contributed by atoms with van der Waals surface area (Å²) in [5, 5.41) is 3.60. The Bertz CT molecular complexity index is 435. The van der Waals surface area contributed by atoms with Crippen molar-refractivity contribution in [1.29, 1.82) is 0 Å². The highest BCUT2D eigenvalue weighted by Gasteiger charge is 2.39. The average Bonchev–Trinajstić information content (AvgIpc) is 2.51. The fraction of sp³-hybridized carbons (Fsp3) is 0.688. The van der Waals surface area contributed by atoms with E-state index in [4.69, 9.17) is 4.74 Å². The van der Waals surface area contributed by atoms with Gasteiger partial charge in [-0.25, -0.2) is 4.98 Å². The van der Waals surface area contributed by atoms with Gasteiger partial charge in [-0.3, -0.25) is 4.90 Å². The lowest BCUT2D eigenvalue weighted by molar-refractivity contribution is 0.0198. The summed E-state index contributed by atoms with van der Waals surface area (Å²) in [4.78, 5) is 7.24. The maximum Gasteiger partial charge on any atom is 0.213 e. The van der Waals surface area contributed by atoms with Crippen LogP contribution in [0.5, 0.6) is 5.88 Å². The van der Waals surface area contributed by atoms with Gasteiger partial charge in [-0.05, 0) is 18.9 Å². The lowest BCUT2D eigenvalue weighted by atomic mass is 9.79. The molecule has 2 heterocycles. The van der Waals surface area contributed by atoms with E-state index < -0.39 is 0 Å². The molecule has 1 aromatic rings. The Morgan fingerprint density at radius 3 is 2.95 bits per heavy atom. The second-order valence-electron chi connectivity index (χ2n) is 6.05. The summed E-state index contributed by atoms with van der Waals surface area (Å²) in [6, 6.07) is 6.07. The van der Waals surface area contributed by atoms with Gasteiger partial charge in [0.25, 0.3) is 0 Å². The first-order chi connectivity index (χ1) is 9.82. The van der Waals surface area contributed by atoms with Crippen molar-refractivity contribution in [3.8, 4) is 5.88 Å². The maximum atomic E-state index is 5.24. The topological polar surface area (TPSA) is 37.4 Å². The Labute approximate surface area is 121 Å². The molecule has 1 saturated carbocycles. The SMILES string of the molecule is COc1cccc(CN2CCNCC23CCCCC3)n1. The minimum Gasteiger partial charge on any atom is -0.481 e. The zero-order valence-electron chi connectivity index (χ0n) is 12.4. The number of nitrogens with zero attached hydrogens (tertiary/aromatic N) is 2. The number of rotatable bonds is 3. The van der Waals surface area contributed by atoms with E-state index in [-0.39, 0.29) is 0 Å². The van der Waals surface area contributed by atoms with Gasteiger partial charge in [-0.1, -0.05) is 25.3 Å². The molecule has 2 fully saturated rings. The number of hydrogen-bond acceptors (Lipinski definition) is 4. The van der Waals surface area contributed by atoms with Gasteiger partial charge in [0.1, 0.15) is 0 Å². The molecule has 110 valence electrons. The third kappa shape index (κ3) is 2.81. The molecule has 1 aliphatic carbocycles. The number of methoxy groups -OCH3 is 1. The largest absolute Gasteiger partial charge is 0.481 e. The molecule has 0 aromatic carbocycles. The lowest BCUT2D eigenvalue weighted by Crippen LogP contribution is -2.61. The van der Waals surface area contributed by atoms with Crippen LogP contribution >= 0.6 is 0 Å². The molecule has 4 nitrogen and oxygen atoms in total. The predicted octanol–water partition coefficient (Wildman–Crippen LogP) is 2.20. The highest BCUT2D eigenvalue weighted by molar-refractivity contribution is 5.16. The number of hydrogen-bond donors (Lipinski definition) is 1. The van der Waals surface area contributed by atoms with Crippen molar-refractivity contribution in [3.63, 3.8) is 0 Å². The van der Waals surface area contributed by atoms with E-state index in [1.807, 2.05) is 12.1 Å². The van der Waals surface area contributed by atoms with E-state index in [1.165, 1.54) is 32.1 Å². The van der Waals surface area contributed by atoms with Crippen LogP contribution in [-0.4, -0.2) is 42.2 Å². The quantitative estimate of drug-likeness (QED) is 0.917. The first-order valence-corrected chi connectivity index (χ1v) is 7.78. The van der Waals surface area contributed by atoms with Crippen molar-refractivity contribution in [2.45, 2.75) is 44.2 Å². The van der Waals surface area contributed by atoms with Gasteiger partial charge in [0.15, 0.2) is 0 Å². The minimum atomic E-state index is 0.362. The molecular formula is C16H25N3O. The molecule has 0 radical (unpaired) electrons. The number of aromatic nitrogens is 1. The van der Waals surface area contributed by atoms with Crippen LogP contribution in [0.2, 0.25) is 0 Å².